The molecule has 0 bridgehead atoms. The van der Waals surface area contributed by atoms with Crippen molar-refractivity contribution in [3.8, 4) is 0 Å². The summed E-state index contributed by atoms with van der Waals surface area (Å²) in [7, 11) is 2.15. The number of carbonyl (C=O) groups excluding carboxylic acids is 1. The molecule has 0 fully saturated rings. The van der Waals surface area contributed by atoms with Crippen LogP contribution in [0.3, 0.4) is 0 Å². The number of benzene rings is 1. The molecule has 1 atom stereocenters. The number of hydrogen-bond donors (Lipinski definition) is 0. The van der Waals surface area contributed by atoms with Crippen molar-refractivity contribution in [1.29, 1.82) is 0 Å². The van der Waals surface area contributed by atoms with Crippen LogP contribution in [0.4, 0.5) is 5.69 Å². The third-order valence-electron chi connectivity index (χ3n) is 7.40. The van der Waals surface area contributed by atoms with Gasteiger partial charge in [0.2, 0.25) is 0 Å². The first-order valence-corrected chi connectivity index (χ1v) is 12.9. The van der Waals surface area contributed by atoms with Crippen LogP contribution in [0.5, 0.6) is 0 Å². The zero-order chi connectivity index (χ0) is 24.4. The van der Waals surface area contributed by atoms with Gasteiger partial charge in [-0.05, 0) is 77.9 Å². The Hall–Kier alpha value is -3.37. The maximum absolute atomic E-state index is 13.4. The van der Waals surface area contributed by atoms with Crippen LogP contribution in [0.1, 0.15) is 44.2 Å². The maximum Gasteiger partial charge on any atom is 0.255 e. The summed E-state index contributed by atoms with van der Waals surface area (Å²) in [6.07, 6.45) is 24.2. The largest absolute Gasteiger partial charge is 0.368 e. The lowest BCUT2D eigenvalue weighted by molar-refractivity contribution is -0.122. The van der Waals surface area contributed by atoms with Crippen molar-refractivity contribution in [1.82, 2.24) is 9.80 Å². The van der Waals surface area contributed by atoms with Gasteiger partial charge in [-0.25, -0.2) is 0 Å². The van der Waals surface area contributed by atoms with Gasteiger partial charge in [0.25, 0.3) is 5.91 Å². The van der Waals surface area contributed by atoms with E-state index in [1.807, 2.05) is 24.4 Å². The molecule has 4 heterocycles. The van der Waals surface area contributed by atoms with Crippen molar-refractivity contribution in [3.63, 3.8) is 0 Å². The summed E-state index contributed by atoms with van der Waals surface area (Å²) in [4.78, 5) is 20.0. The Balaban J connectivity index is 1.41. The lowest BCUT2D eigenvalue weighted by atomic mass is 9.95. The zero-order valence-corrected chi connectivity index (χ0v) is 21.1. The lowest BCUT2D eigenvalue weighted by Gasteiger charge is -2.32. The number of anilines is 1. The molecule has 4 heteroatoms. The molecule has 1 aromatic rings. The van der Waals surface area contributed by atoms with Crippen LogP contribution < -0.4 is 4.90 Å². The topological polar surface area (TPSA) is 26.8 Å². The summed E-state index contributed by atoms with van der Waals surface area (Å²) < 4.78 is 0. The highest BCUT2D eigenvalue weighted by Crippen LogP contribution is 2.33. The van der Waals surface area contributed by atoms with Crippen molar-refractivity contribution in [3.05, 3.63) is 101 Å². The molecule has 5 rings (SSSR count). The molecular weight excluding hydrogens is 430 g/mol. The van der Waals surface area contributed by atoms with Crippen molar-refractivity contribution < 1.29 is 4.79 Å². The molecule has 180 valence electrons. The minimum Gasteiger partial charge on any atom is -0.368 e. The first-order chi connectivity index (χ1) is 17.1. The Morgan fingerprint density at radius 1 is 1.06 bits per heavy atom. The van der Waals surface area contributed by atoms with E-state index in [4.69, 9.17) is 0 Å². The van der Waals surface area contributed by atoms with Gasteiger partial charge in [0, 0.05) is 49.8 Å². The van der Waals surface area contributed by atoms with Gasteiger partial charge in [0.05, 0.1) is 0 Å². The second kappa shape index (κ2) is 10.1. The van der Waals surface area contributed by atoms with E-state index in [0.29, 0.717) is 6.04 Å². The van der Waals surface area contributed by atoms with Gasteiger partial charge in [-0.2, -0.15) is 0 Å². The molecule has 0 aromatic heterocycles. The number of rotatable bonds is 5. The van der Waals surface area contributed by atoms with Crippen LogP contribution in [0, 0.1) is 0 Å². The average molecular weight is 466 g/mol. The van der Waals surface area contributed by atoms with E-state index in [1.54, 1.807) is 11.0 Å². The van der Waals surface area contributed by atoms with Gasteiger partial charge in [0.15, 0.2) is 0 Å². The third kappa shape index (κ3) is 4.76. The summed E-state index contributed by atoms with van der Waals surface area (Å²) in [5, 5.41) is 0. The summed E-state index contributed by atoms with van der Waals surface area (Å²) in [5.74, 6) is -0.0158. The molecule has 4 aliphatic rings. The Bertz CT molecular complexity index is 1220. The Morgan fingerprint density at radius 3 is 2.71 bits per heavy atom. The maximum atomic E-state index is 13.4. The van der Waals surface area contributed by atoms with Gasteiger partial charge in [-0.15, -0.1) is 0 Å². The summed E-state index contributed by atoms with van der Waals surface area (Å²) in [6.45, 7) is 7.65. The van der Waals surface area contributed by atoms with Gasteiger partial charge < -0.3 is 4.90 Å². The predicted molar refractivity (Wildman–Crippen MR) is 147 cm³/mol. The van der Waals surface area contributed by atoms with E-state index in [0.717, 1.165) is 54.9 Å². The highest BCUT2D eigenvalue weighted by Gasteiger charge is 2.22. The smallest absolute Gasteiger partial charge is 0.255 e. The molecule has 1 unspecified atom stereocenters. The summed E-state index contributed by atoms with van der Waals surface area (Å²) in [6, 6.07) is 6.93. The highest BCUT2D eigenvalue weighted by molar-refractivity contribution is 6.00. The van der Waals surface area contributed by atoms with E-state index in [9.17, 15) is 4.79 Å². The van der Waals surface area contributed by atoms with E-state index >= 15 is 0 Å². The number of amides is 1. The number of likely N-dealkylation sites (N-methyl/N-ethyl adjacent to an activating group) is 1. The van der Waals surface area contributed by atoms with E-state index in [2.05, 4.69) is 79.3 Å². The molecule has 0 spiro atoms. The Kier molecular flexibility index (Phi) is 6.74. The second-order valence-corrected chi connectivity index (χ2v) is 9.68. The van der Waals surface area contributed by atoms with Crippen LogP contribution in [0.15, 0.2) is 89.9 Å². The van der Waals surface area contributed by atoms with Gasteiger partial charge in [-0.3, -0.25) is 14.6 Å². The molecule has 4 aliphatic heterocycles. The zero-order valence-electron chi connectivity index (χ0n) is 21.1. The number of allylic oxidation sites excluding steroid dienone is 7. The number of fused-ring (bicyclic) bond motifs is 2. The molecule has 0 saturated heterocycles. The van der Waals surface area contributed by atoms with E-state index < -0.39 is 0 Å². The van der Waals surface area contributed by atoms with Gasteiger partial charge >= 0.3 is 0 Å². The van der Waals surface area contributed by atoms with Crippen LogP contribution in [0.25, 0.3) is 11.6 Å². The number of carbonyl (C=O) groups is 1. The molecule has 0 N–H and O–H groups in total. The summed E-state index contributed by atoms with van der Waals surface area (Å²) >= 11 is 0. The molecule has 0 saturated carbocycles. The van der Waals surface area contributed by atoms with Crippen molar-refractivity contribution in [2.75, 3.05) is 31.6 Å². The van der Waals surface area contributed by atoms with Crippen LogP contribution >= 0.6 is 0 Å². The third-order valence-corrected chi connectivity index (χ3v) is 7.40. The van der Waals surface area contributed by atoms with Crippen LogP contribution in [-0.2, 0) is 4.79 Å². The Labute approximate surface area is 209 Å². The molecule has 1 amide bonds. The van der Waals surface area contributed by atoms with Crippen molar-refractivity contribution in [2.45, 2.75) is 39.2 Å². The minimum atomic E-state index is -0.0158. The molecule has 1 aromatic carbocycles. The van der Waals surface area contributed by atoms with E-state index in [-0.39, 0.29) is 5.91 Å². The normalized spacial score (nSPS) is 25.9. The number of hydrogen-bond acceptors (Lipinski definition) is 3. The Morgan fingerprint density at radius 2 is 1.94 bits per heavy atom. The quantitative estimate of drug-likeness (QED) is 0.526. The lowest BCUT2D eigenvalue weighted by Crippen LogP contribution is -2.31. The molecule has 4 nitrogen and oxygen atoms in total. The molecular formula is C31H35N3O. The monoisotopic (exact) mass is 465 g/mol. The highest BCUT2D eigenvalue weighted by atomic mass is 16.2. The standard InChI is InChI=1S/C31H35N3O/c1-4-17-33-18-15-23(16-19-33)27-10-13-29-8-6-7-24(21-31(35)34(29)22-27)25-11-14-30-26(20-25)9-12-28(5-2)32(30)3/h6-15,20-22,28H,4-5,16-19H2,1-3H3/b7-6+,24-21+,29-8+. The second-order valence-electron chi connectivity index (χ2n) is 9.68. The minimum absolute atomic E-state index is 0.0158. The fourth-order valence-corrected chi connectivity index (χ4v) is 5.32. The molecule has 35 heavy (non-hydrogen) atoms. The molecule has 0 radical (unpaired) electrons. The first kappa shape index (κ1) is 23.4. The van der Waals surface area contributed by atoms with Crippen LogP contribution in [0.2, 0.25) is 0 Å². The van der Waals surface area contributed by atoms with Crippen molar-refractivity contribution in [2.24, 2.45) is 0 Å². The summed E-state index contributed by atoms with van der Waals surface area (Å²) in [5.41, 5.74) is 7.78. The molecule has 0 aliphatic carbocycles. The fraction of sp³-hybridized carbons (Fsp3) is 0.323. The van der Waals surface area contributed by atoms with Gasteiger partial charge in [0.1, 0.15) is 0 Å². The fourth-order valence-electron chi connectivity index (χ4n) is 5.32. The van der Waals surface area contributed by atoms with Crippen LogP contribution in [-0.4, -0.2) is 48.4 Å². The van der Waals surface area contributed by atoms with E-state index in [1.165, 1.54) is 23.2 Å². The SMILES string of the molecule is CCCN1CC=C(C2=CN3C(=O)\C=C(c4ccc5c(c4)C=CC(CC)N5C)/C=C/C=C/3C=C2)CC1. The first-order valence-electron chi connectivity index (χ1n) is 12.9. The van der Waals surface area contributed by atoms with Gasteiger partial charge in [-0.1, -0.05) is 56.4 Å². The van der Waals surface area contributed by atoms with Crippen molar-refractivity contribution >= 4 is 23.2 Å². The number of nitrogens with zero attached hydrogens (tertiary/aromatic N) is 3. The predicted octanol–water partition coefficient (Wildman–Crippen LogP) is 6.09. The average Bonchev–Trinajstić information content (AvgIpc) is 2.88.